The molecule has 39 heavy (non-hydrogen) atoms. The van der Waals surface area contributed by atoms with Gasteiger partial charge in [0.25, 0.3) is 5.91 Å². The van der Waals surface area contributed by atoms with E-state index in [4.69, 9.17) is 9.47 Å². The van der Waals surface area contributed by atoms with Gasteiger partial charge in [-0.2, -0.15) is 0 Å². The maximum Gasteiger partial charge on any atom is 0.251 e. The molecular formula is C29H31N5O4S. The average molecular weight is 546 g/mol. The molecule has 0 saturated carbocycles. The second-order valence-electron chi connectivity index (χ2n) is 8.73. The van der Waals surface area contributed by atoms with Crippen LogP contribution in [-0.2, 0) is 11.3 Å². The number of aryl methyl sites for hydroxylation is 2. The molecular weight excluding hydrogens is 514 g/mol. The van der Waals surface area contributed by atoms with Crippen LogP contribution < -0.4 is 20.1 Å². The standard InChI is InChI=1S/C29H31N5O4S/c1-5-38-24-14-10-22(11-15-24)31-27(35)18-39-29-33-32-26(34(29)25-16-19(2)6-7-20(25)3)17-30-28(36)21-8-12-23(37-4)13-9-21/h6-16H,5,17-18H2,1-4H3,(H,30,36)(H,31,35). The summed E-state index contributed by atoms with van der Waals surface area (Å²) in [6.45, 7) is 6.67. The molecule has 0 bridgehead atoms. The van der Waals surface area contributed by atoms with Crippen LogP contribution in [0.1, 0.15) is 34.2 Å². The van der Waals surface area contributed by atoms with Gasteiger partial charge in [0.1, 0.15) is 11.5 Å². The maximum atomic E-state index is 12.8. The highest BCUT2D eigenvalue weighted by molar-refractivity contribution is 7.99. The van der Waals surface area contributed by atoms with Crippen molar-refractivity contribution in [2.24, 2.45) is 0 Å². The van der Waals surface area contributed by atoms with Crippen molar-refractivity contribution in [2.45, 2.75) is 32.5 Å². The van der Waals surface area contributed by atoms with Crippen LogP contribution >= 0.6 is 11.8 Å². The van der Waals surface area contributed by atoms with Crippen LogP contribution in [0.4, 0.5) is 5.69 Å². The molecule has 0 aliphatic rings. The van der Waals surface area contributed by atoms with Crippen LogP contribution in [-0.4, -0.2) is 46.0 Å². The lowest BCUT2D eigenvalue weighted by molar-refractivity contribution is -0.113. The molecule has 2 N–H and O–H groups in total. The number of hydrogen-bond donors (Lipinski definition) is 2. The summed E-state index contributed by atoms with van der Waals surface area (Å²) in [6.07, 6.45) is 0. The third-order valence-electron chi connectivity index (χ3n) is 5.85. The monoisotopic (exact) mass is 545 g/mol. The van der Waals surface area contributed by atoms with Crippen molar-refractivity contribution in [3.63, 3.8) is 0 Å². The number of benzene rings is 3. The minimum atomic E-state index is -0.239. The van der Waals surface area contributed by atoms with Gasteiger partial charge in [-0.05, 0) is 86.5 Å². The predicted molar refractivity (Wildman–Crippen MR) is 152 cm³/mol. The first-order valence-electron chi connectivity index (χ1n) is 12.5. The van der Waals surface area contributed by atoms with Crippen LogP contribution in [0, 0.1) is 13.8 Å². The molecule has 0 atom stereocenters. The zero-order chi connectivity index (χ0) is 27.8. The maximum absolute atomic E-state index is 12.8. The van der Waals surface area contributed by atoms with E-state index in [1.54, 1.807) is 43.5 Å². The summed E-state index contributed by atoms with van der Waals surface area (Å²) in [5.41, 5.74) is 4.17. The molecule has 10 heteroatoms. The fourth-order valence-corrected chi connectivity index (χ4v) is 4.61. The lowest BCUT2D eigenvalue weighted by Crippen LogP contribution is -2.24. The number of methoxy groups -OCH3 is 1. The molecule has 0 radical (unpaired) electrons. The van der Waals surface area contributed by atoms with E-state index in [9.17, 15) is 9.59 Å². The number of anilines is 1. The highest BCUT2D eigenvalue weighted by Gasteiger charge is 2.19. The molecule has 4 rings (SSSR count). The second kappa shape index (κ2) is 13.0. The Hall–Kier alpha value is -4.31. The van der Waals surface area contributed by atoms with Crippen molar-refractivity contribution in [3.8, 4) is 17.2 Å². The molecule has 9 nitrogen and oxygen atoms in total. The third-order valence-corrected chi connectivity index (χ3v) is 6.78. The zero-order valence-corrected chi connectivity index (χ0v) is 23.2. The lowest BCUT2D eigenvalue weighted by atomic mass is 10.1. The Morgan fingerprint density at radius 1 is 0.949 bits per heavy atom. The molecule has 2 amide bonds. The third kappa shape index (κ3) is 7.17. The topological polar surface area (TPSA) is 107 Å². The van der Waals surface area contributed by atoms with Crippen LogP contribution in [0.15, 0.2) is 71.9 Å². The van der Waals surface area contributed by atoms with E-state index >= 15 is 0 Å². The van der Waals surface area contributed by atoms with Crippen molar-refractivity contribution in [1.29, 1.82) is 0 Å². The SMILES string of the molecule is CCOc1ccc(NC(=O)CSc2nnc(CNC(=O)c3ccc(OC)cc3)n2-c2cc(C)ccc2C)cc1. The summed E-state index contributed by atoms with van der Waals surface area (Å²) >= 11 is 1.28. The largest absolute Gasteiger partial charge is 0.497 e. The van der Waals surface area contributed by atoms with Crippen molar-refractivity contribution in [3.05, 3.63) is 89.2 Å². The number of nitrogens with zero attached hydrogens (tertiary/aromatic N) is 3. The molecule has 0 aliphatic heterocycles. The van der Waals surface area contributed by atoms with Crippen molar-refractivity contribution in [1.82, 2.24) is 20.1 Å². The fourth-order valence-electron chi connectivity index (χ4n) is 3.84. The first-order chi connectivity index (χ1) is 18.9. The normalized spacial score (nSPS) is 10.7. The fraction of sp³-hybridized carbons (Fsp3) is 0.241. The minimum Gasteiger partial charge on any atom is -0.497 e. The molecule has 0 spiro atoms. The summed E-state index contributed by atoms with van der Waals surface area (Å²) < 4.78 is 12.5. The van der Waals surface area contributed by atoms with E-state index in [1.165, 1.54) is 11.8 Å². The van der Waals surface area contributed by atoms with Crippen molar-refractivity contribution >= 4 is 29.3 Å². The Morgan fingerprint density at radius 3 is 2.36 bits per heavy atom. The smallest absolute Gasteiger partial charge is 0.251 e. The molecule has 3 aromatic carbocycles. The number of nitrogens with one attached hydrogen (secondary N) is 2. The van der Waals surface area contributed by atoms with Gasteiger partial charge < -0.3 is 20.1 Å². The molecule has 0 saturated heterocycles. The van der Waals surface area contributed by atoms with Gasteiger partial charge in [-0.25, -0.2) is 0 Å². The minimum absolute atomic E-state index is 0.133. The van der Waals surface area contributed by atoms with Crippen molar-refractivity contribution < 1.29 is 19.1 Å². The van der Waals surface area contributed by atoms with Gasteiger partial charge in [0.05, 0.1) is 31.7 Å². The Morgan fingerprint density at radius 2 is 1.67 bits per heavy atom. The molecule has 0 fully saturated rings. The van der Waals surface area contributed by atoms with E-state index in [0.717, 1.165) is 22.6 Å². The molecule has 1 aromatic heterocycles. The van der Waals surface area contributed by atoms with Gasteiger partial charge in [0, 0.05) is 11.3 Å². The number of aromatic nitrogens is 3. The van der Waals surface area contributed by atoms with E-state index < -0.39 is 0 Å². The van der Waals surface area contributed by atoms with Crippen LogP contribution in [0.3, 0.4) is 0 Å². The van der Waals surface area contributed by atoms with Crippen molar-refractivity contribution in [2.75, 3.05) is 24.8 Å². The molecule has 202 valence electrons. The first-order valence-corrected chi connectivity index (χ1v) is 13.5. The van der Waals surface area contributed by atoms with Gasteiger partial charge in [-0.3, -0.25) is 14.2 Å². The Labute approximate surface area is 231 Å². The van der Waals surface area contributed by atoms with E-state index in [2.05, 4.69) is 20.8 Å². The number of amides is 2. The van der Waals surface area contributed by atoms with Gasteiger partial charge >= 0.3 is 0 Å². The quantitative estimate of drug-likeness (QED) is 0.257. The summed E-state index contributed by atoms with van der Waals surface area (Å²) in [5.74, 6) is 1.70. The Kier molecular flexibility index (Phi) is 9.22. The zero-order valence-electron chi connectivity index (χ0n) is 22.4. The Bertz CT molecular complexity index is 1440. The molecule has 1 heterocycles. The van der Waals surface area contributed by atoms with Gasteiger partial charge in [0.2, 0.25) is 5.91 Å². The number of carbonyl (C=O) groups is 2. The molecule has 4 aromatic rings. The summed E-state index contributed by atoms with van der Waals surface area (Å²) in [7, 11) is 1.58. The van der Waals surface area contributed by atoms with Crippen LogP contribution in [0.5, 0.6) is 11.5 Å². The molecule has 0 aliphatic carbocycles. The highest BCUT2D eigenvalue weighted by atomic mass is 32.2. The Balaban J connectivity index is 1.49. The van der Waals surface area contributed by atoms with Gasteiger partial charge in [-0.15, -0.1) is 10.2 Å². The summed E-state index contributed by atoms with van der Waals surface area (Å²) in [6, 6.07) is 20.2. The predicted octanol–water partition coefficient (Wildman–Crippen LogP) is 4.95. The number of rotatable bonds is 11. The number of ether oxygens (including phenoxy) is 2. The van der Waals surface area contributed by atoms with Crippen LogP contribution in [0.2, 0.25) is 0 Å². The van der Waals surface area contributed by atoms with E-state index in [-0.39, 0.29) is 24.1 Å². The van der Waals surface area contributed by atoms with Crippen LogP contribution in [0.25, 0.3) is 5.69 Å². The summed E-state index contributed by atoms with van der Waals surface area (Å²) in [4.78, 5) is 25.5. The highest BCUT2D eigenvalue weighted by Crippen LogP contribution is 2.26. The van der Waals surface area contributed by atoms with Gasteiger partial charge in [-0.1, -0.05) is 23.9 Å². The molecule has 0 unspecified atom stereocenters. The summed E-state index contributed by atoms with van der Waals surface area (Å²) in [5, 5.41) is 15.1. The first kappa shape index (κ1) is 27.7. The number of hydrogen-bond acceptors (Lipinski definition) is 7. The van der Waals surface area contributed by atoms with E-state index in [0.29, 0.717) is 34.6 Å². The van der Waals surface area contributed by atoms with Gasteiger partial charge in [0.15, 0.2) is 11.0 Å². The van der Waals surface area contributed by atoms with E-state index in [1.807, 2.05) is 55.7 Å². The average Bonchev–Trinajstić information content (AvgIpc) is 3.35. The lowest BCUT2D eigenvalue weighted by Gasteiger charge is -2.14. The number of thioether (sulfide) groups is 1. The number of carbonyl (C=O) groups excluding carboxylic acids is 2. The second-order valence-corrected chi connectivity index (χ2v) is 9.67.